The van der Waals surface area contributed by atoms with Crippen LogP contribution in [0.2, 0.25) is 0 Å². The van der Waals surface area contributed by atoms with Gasteiger partial charge in [-0.3, -0.25) is 4.79 Å². The first kappa shape index (κ1) is 26.2. The normalized spacial score (nSPS) is 14.3. The summed E-state index contributed by atoms with van der Waals surface area (Å²) >= 11 is 0. The van der Waals surface area contributed by atoms with E-state index in [0.717, 1.165) is 11.3 Å². The summed E-state index contributed by atoms with van der Waals surface area (Å²) in [5.74, 6) is -0.254. The summed E-state index contributed by atoms with van der Waals surface area (Å²) in [4.78, 5) is 33.5. The molecule has 9 heteroatoms. The van der Waals surface area contributed by atoms with Gasteiger partial charge >= 0.3 is 6.09 Å². The number of hydrogen-bond acceptors (Lipinski definition) is 5. The van der Waals surface area contributed by atoms with E-state index in [-0.39, 0.29) is 24.2 Å². The molecule has 2 aromatic heterocycles. The van der Waals surface area contributed by atoms with E-state index in [0.29, 0.717) is 56.4 Å². The summed E-state index contributed by atoms with van der Waals surface area (Å²) in [5.41, 5.74) is 3.11. The molecule has 8 nitrogen and oxygen atoms in total. The standard InChI is InChI=1S/C30H31FN4O4/c1-2-38-30(37)34-16-14-33(15-17-34)28(36)19-25(23-10-6-11-24(31)18-23)26-20-32-29-27(12-7-13-35(26)29)39-21-22-8-4-3-5-9-22/h3-13,18,20,25H,2,14-17,19,21H2,1H3. The maximum Gasteiger partial charge on any atom is 0.409 e. The molecule has 39 heavy (non-hydrogen) atoms. The molecule has 2 amide bonds. The van der Waals surface area contributed by atoms with Gasteiger partial charge in [0.2, 0.25) is 5.91 Å². The third kappa shape index (κ3) is 6.03. The Kier molecular flexibility index (Phi) is 8.05. The number of fused-ring (bicyclic) bond motifs is 1. The molecule has 1 atom stereocenters. The topological polar surface area (TPSA) is 76.4 Å². The molecule has 3 heterocycles. The van der Waals surface area contributed by atoms with Gasteiger partial charge in [0.15, 0.2) is 11.4 Å². The Morgan fingerprint density at radius 2 is 1.74 bits per heavy atom. The fourth-order valence-corrected chi connectivity index (χ4v) is 4.88. The van der Waals surface area contributed by atoms with E-state index in [1.54, 1.807) is 29.0 Å². The number of ether oxygens (including phenoxy) is 2. The summed E-state index contributed by atoms with van der Waals surface area (Å²) in [6.07, 6.45) is 3.37. The van der Waals surface area contributed by atoms with Crippen LogP contribution in [0.15, 0.2) is 79.1 Å². The number of carbonyl (C=O) groups is 2. The molecule has 202 valence electrons. The SMILES string of the molecule is CCOC(=O)N1CCN(C(=O)CC(c2cccc(F)c2)c2cnc3c(OCc4ccccc4)cccn23)CC1. The van der Waals surface area contributed by atoms with Crippen molar-refractivity contribution in [3.8, 4) is 5.75 Å². The Labute approximate surface area is 226 Å². The lowest BCUT2D eigenvalue weighted by atomic mass is 9.92. The highest BCUT2D eigenvalue weighted by Gasteiger charge is 2.29. The minimum absolute atomic E-state index is 0.0702. The van der Waals surface area contributed by atoms with Gasteiger partial charge in [-0.2, -0.15) is 0 Å². The van der Waals surface area contributed by atoms with Crippen LogP contribution in [0, 0.1) is 5.82 Å². The molecule has 2 aromatic carbocycles. The van der Waals surface area contributed by atoms with Gasteiger partial charge in [-0.05, 0) is 42.3 Å². The average molecular weight is 531 g/mol. The van der Waals surface area contributed by atoms with Crippen molar-refractivity contribution in [2.75, 3.05) is 32.8 Å². The number of nitrogens with zero attached hydrogens (tertiary/aromatic N) is 4. The van der Waals surface area contributed by atoms with Gasteiger partial charge in [0.1, 0.15) is 12.4 Å². The molecular formula is C30H31FN4O4. The average Bonchev–Trinajstić information content (AvgIpc) is 3.40. The summed E-state index contributed by atoms with van der Waals surface area (Å²) in [5, 5.41) is 0. The second kappa shape index (κ2) is 12.0. The second-order valence-electron chi connectivity index (χ2n) is 9.40. The molecule has 0 saturated carbocycles. The fourth-order valence-electron chi connectivity index (χ4n) is 4.88. The summed E-state index contributed by atoms with van der Waals surface area (Å²) in [7, 11) is 0. The highest BCUT2D eigenvalue weighted by atomic mass is 19.1. The number of amides is 2. The van der Waals surface area contributed by atoms with Gasteiger partial charge in [-0.1, -0.05) is 42.5 Å². The van der Waals surface area contributed by atoms with Crippen molar-refractivity contribution < 1.29 is 23.5 Å². The van der Waals surface area contributed by atoms with E-state index in [1.165, 1.54) is 12.1 Å². The van der Waals surface area contributed by atoms with Crippen LogP contribution in [0.4, 0.5) is 9.18 Å². The van der Waals surface area contributed by atoms with Gasteiger partial charge in [-0.15, -0.1) is 0 Å². The number of hydrogen-bond donors (Lipinski definition) is 0. The van der Waals surface area contributed by atoms with E-state index in [1.807, 2.05) is 59.1 Å². The highest BCUT2D eigenvalue weighted by molar-refractivity contribution is 5.78. The van der Waals surface area contributed by atoms with E-state index in [2.05, 4.69) is 4.98 Å². The molecule has 5 rings (SSSR count). The fraction of sp³-hybridized carbons (Fsp3) is 0.300. The first-order chi connectivity index (χ1) is 19.0. The Morgan fingerprint density at radius 3 is 2.49 bits per heavy atom. The van der Waals surface area contributed by atoms with E-state index >= 15 is 0 Å². The number of piperazine rings is 1. The first-order valence-electron chi connectivity index (χ1n) is 13.1. The Morgan fingerprint density at radius 1 is 0.974 bits per heavy atom. The maximum atomic E-state index is 14.3. The zero-order valence-electron chi connectivity index (χ0n) is 21.8. The van der Waals surface area contributed by atoms with Crippen molar-refractivity contribution in [2.45, 2.75) is 25.9 Å². The van der Waals surface area contributed by atoms with E-state index in [4.69, 9.17) is 9.47 Å². The molecule has 0 aliphatic carbocycles. The van der Waals surface area contributed by atoms with Gasteiger partial charge < -0.3 is 23.7 Å². The number of imidazole rings is 1. The lowest BCUT2D eigenvalue weighted by Crippen LogP contribution is -2.51. The van der Waals surface area contributed by atoms with Gasteiger partial charge in [0.05, 0.1) is 12.3 Å². The predicted molar refractivity (Wildman–Crippen MR) is 144 cm³/mol. The lowest BCUT2D eigenvalue weighted by Gasteiger charge is -2.34. The number of carbonyl (C=O) groups excluding carboxylic acids is 2. The van der Waals surface area contributed by atoms with Crippen molar-refractivity contribution in [1.29, 1.82) is 0 Å². The van der Waals surface area contributed by atoms with Crippen molar-refractivity contribution in [3.63, 3.8) is 0 Å². The molecule has 0 bridgehead atoms. The van der Waals surface area contributed by atoms with Crippen LogP contribution < -0.4 is 4.74 Å². The molecule has 1 aliphatic rings. The van der Waals surface area contributed by atoms with Crippen LogP contribution >= 0.6 is 0 Å². The molecule has 1 fully saturated rings. The zero-order chi connectivity index (χ0) is 27.2. The van der Waals surface area contributed by atoms with E-state index in [9.17, 15) is 14.0 Å². The van der Waals surface area contributed by atoms with Crippen molar-refractivity contribution in [2.24, 2.45) is 0 Å². The van der Waals surface area contributed by atoms with Gasteiger partial charge in [0.25, 0.3) is 0 Å². The molecule has 0 spiro atoms. The summed E-state index contributed by atoms with van der Waals surface area (Å²) in [6, 6.07) is 19.9. The largest absolute Gasteiger partial charge is 0.485 e. The zero-order valence-corrected chi connectivity index (χ0v) is 21.8. The molecule has 1 saturated heterocycles. The van der Waals surface area contributed by atoms with Crippen molar-refractivity contribution in [3.05, 3.63) is 102 Å². The Bertz CT molecular complexity index is 1430. The second-order valence-corrected chi connectivity index (χ2v) is 9.40. The molecular weight excluding hydrogens is 499 g/mol. The smallest absolute Gasteiger partial charge is 0.409 e. The number of benzene rings is 2. The molecule has 0 radical (unpaired) electrons. The molecule has 1 unspecified atom stereocenters. The minimum atomic E-state index is -0.435. The van der Waals surface area contributed by atoms with Gasteiger partial charge in [0, 0.05) is 50.9 Å². The molecule has 0 N–H and O–H groups in total. The number of pyridine rings is 1. The Hall–Kier alpha value is -4.40. The minimum Gasteiger partial charge on any atom is -0.485 e. The third-order valence-corrected chi connectivity index (χ3v) is 6.91. The van der Waals surface area contributed by atoms with Crippen LogP contribution in [0.3, 0.4) is 0 Å². The quantitative estimate of drug-likeness (QED) is 0.325. The van der Waals surface area contributed by atoms with Crippen LogP contribution in [0.25, 0.3) is 5.65 Å². The van der Waals surface area contributed by atoms with Crippen molar-refractivity contribution in [1.82, 2.24) is 19.2 Å². The molecule has 4 aromatic rings. The molecule has 1 aliphatic heterocycles. The van der Waals surface area contributed by atoms with Crippen LogP contribution in [-0.2, 0) is 16.1 Å². The van der Waals surface area contributed by atoms with Crippen LogP contribution in [-0.4, -0.2) is 64.0 Å². The number of rotatable bonds is 8. The monoisotopic (exact) mass is 530 g/mol. The number of aromatic nitrogens is 2. The van der Waals surface area contributed by atoms with Crippen LogP contribution in [0.1, 0.15) is 36.1 Å². The third-order valence-electron chi connectivity index (χ3n) is 6.91. The first-order valence-corrected chi connectivity index (χ1v) is 13.1. The maximum absolute atomic E-state index is 14.3. The lowest BCUT2D eigenvalue weighted by molar-refractivity contribution is -0.133. The predicted octanol–water partition coefficient (Wildman–Crippen LogP) is 4.88. The highest BCUT2D eigenvalue weighted by Crippen LogP contribution is 2.32. The number of halogens is 1. The van der Waals surface area contributed by atoms with Crippen LogP contribution in [0.5, 0.6) is 5.75 Å². The Balaban J connectivity index is 1.38. The van der Waals surface area contributed by atoms with Gasteiger partial charge in [-0.25, -0.2) is 14.2 Å². The summed E-state index contributed by atoms with van der Waals surface area (Å²) < 4.78 is 27.4. The summed E-state index contributed by atoms with van der Waals surface area (Å²) in [6.45, 7) is 4.12. The van der Waals surface area contributed by atoms with E-state index < -0.39 is 5.92 Å². The van der Waals surface area contributed by atoms with Crippen molar-refractivity contribution >= 4 is 17.6 Å².